The highest BCUT2D eigenvalue weighted by molar-refractivity contribution is 6.04. The Kier molecular flexibility index (Phi) is 2.27. The SMILES string of the molecule is C=CC[C@@]1(F)C(=O)C=Cc2ccccc21. The summed E-state index contributed by atoms with van der Waals surface area (Å²) in [6.45, 7) is 3.49. The summed E-state index contributed by atoms with van der Waals surface area (Å²) in [7, 11) is 0. The molecule has 15 heavy (non-hydrogen) atoms. The number of carbonyl (C=O) groups is 1. The molecule has 1 nitrogen and oxygen atoms in total. The Morgan fingerprint density at radius 2 is 2.07 bits per heavy atom. The van der Waals surface area contributed by atoms with Gasteiger partial charge in [-0.05, 0) is 11.6 Å². The number of alkyl halides is 1. The highest BCUT2D eigenvalue weighted by Gasteiger charge is 2.40. The Morgan fingerprint density at radius 3 is 2.80 bits per heavy atom. The number of halogens is 1. The standard InChI is InChI=1S/C13H11FO/c1-2-9-13(14)11-6-4-3-5-10(11)7-8-12(13)15/h2-8H,1,9H2/t13-/m0/s1. The Balaban J connectivity index is 2.60. The molecule has 0 unspecified atom stereocenters. The fraction of sp³-hybridized carbons (Fsp3) is 0.154. The van der Waals surface area contributed by atoms with Gasteiger partial charge in [0.1, 0.15) is 0 Å². The van der Waals surface area contributed by atoms with Crippen LogP contribution in [0.3, 0.4) is 0 Å². The van der Waals surface area contributed by atoms with Gasteiger partial charge in [-0.3, -0.25) is 4.79 Å². The normalized spacial score (nSPS) is 23.7. The summed E-state index contributed by atoms with van der Waals surface area (Å²) in [6.07, 6.45) is 4.41. The lowest BCUT2D eigenvalue weighted by Crippen LogP contribution is -2.32. The molecule has 1 aromatic rings. The maximum atomic E-state index is 14.5. The predicted octanol–water partition coefficient (Wildman–Crippen LogP) is 3.02. The molecule has 0 aliphatic heterocycles. The molecule has 1 aromatic carbocycles. The number of hydrogen-bond acceptors (Lipinski definition) is 1. The van der Waals surface area contributed by atoms with Gasteiger partial charge in [0.2, 0.25) is 5.67 Å². The van der Waals surface area contributed by atoms with E-state index in [1.165, 1.54) is 12.2 Å². The van der Waals surface area contributed by atoms with Gasteiger partial charge < -0.3 is 0 Å². The average molecular weight is 202 g/mol. The van der Waals surface area contributed by atoms with Gasteiger partial charge in [-0.25, -0.2) is 4.39 Å². The molecule has 2 heteroatoms. The molecular weight excluding hydrogens is 191 g/mol. The molecule has 0 spiro atoms. The van der Waals surface area contributed by atoms with E-state index in [-0.39, 0.29) is 6.42 Å². The molecule has 76 valence electrons. The second kappa shape index (κ2) is 3.46. The van der Waals surface area contributed by atoms with Gasteiger partial charge in [0.05, 0.1) is 0 Å². The van der Waals surface area contributed by atoms with Crippen LogP contribution in [0.15, 0.2) is 43.0 Å². The van der Waals surface area contributed by atoms with E-state index in [2.05, 4.69) is 6.58 Å². The summed E-state index contributed by atoms with van der Waals surface area (Å²) in [6, 6.07) is 7.02. The summed E-state index contributed by atoms with van der Waals surface area (Å²) >= 11 is 0. The van der Waals surface area contributed by atoms with Crippen molar-refractivity contribution in [2.24, 2.45) is 0 Å². The van der Waals surface area contributed by atoms with Gasteiger partial charge in [-0.2, -0.15) is 0 Å². The molecule has 0 bridgehead atoms. The van der Waals surface area contributed by atoms with Crippen molar-refractivity contribution in [2.75, 3.05) is 0 Å². The van der Waals surface area contributed by atoms with Crippen LogP contribution in [0.25, 0.3) is 6.08 Å². The fourth-order valence-electron chi connectivity index (χ4n) is 1.84. The summed E-state index contributed by atoms with van der Waals surface area (Å²) in [5.41, 5.74) is -0.716. The third-order valence-electron chi connectivity index (χ3n) is 2.62. The molecule has 1 aliphatic rings. The van der Waals surface area contributed by atoms with E-state index in [4.69, 9.17) is 0 Å². The number of hydrogen-bond donors (Lipinski definition) is 0. The van der Waals surface area contributed by atoms with E-state index < -0.39 is 11.5 Å². The van der Waals surface area contributed by atoms with E-state index >= 15 is 0 Å². The third kappa shape index (κ3) is 1.42. The lowest BCUT2D eigenvalue weighted by Gasteiger charge is -2.26. The first-order chi connectivity index (χ1) is 7.18. The molecule has 2 rings (SSSR count). The zero-order valence-corrected chi connectivity index (χ0v) is 8.24. The molecule has 0 amide bonds. The first kappa shape index (κ1) is 9.84. The average Bonchev–Trinajstić information content (AvgIpc) is 2.25. The molecule has 0 saturated carbocycles. The summed E-state index contributed by atoms with van der Waals surface area (Å²) in [4.78, 5) is 11.6. The van der Waals surface area contributed by atoms with Gasteiger partial charge in [0, 0.05) is 12.0 Å². The Bertz CT molecular complexity index is 448. The minimum Gasteiger partial charge on any atom is -0.291 e. The highest BCUT2D eigenvalue weighted by atomic mass is 19.1. The minimum absolute atomic E-state index is 0.0210. The van der Waals surface area contributed by atoms with E-state index in [9.17, 15) is 9.18 Å². The van der Waals surface area contributed by atoms with E-state index in [0.29, 0.717) is 5.56 Å². The van der Waals surface area contributed by atoms with Crippen LogP contribution in [0, 0.1) is 0 Å². The zero-order chi connectivity index (χ0) is 10.9. The Labute approximate surface area is 87.9 Å². The van der Waals surface area contributed by atoms with Crippen molar-refractivity contribution in [3.8, 4) is 0 Å². The van der Waals surface area contributed by atoms with Crippen LogP contribution >= 0.6 is 0 Å². The van der Waals surface area contributed by atoms with E-state index in [1.807, 2.05) is 6.07 Å². The van der Waals surface area contributed by atoms with Crippen molar-refractivity contribution in [3.05, 3.63) is 54.1 Å². The van der Waals surface area contributed by atoms with Crippen molar-refractivity contribution in [3.63, 3.8) is 0 Å². The number of allylic oxidation sites excluding steroid dienone is 2. The maximum Gasteiger partial charge on any atom is 0.201 e. The van der Waals surface area contributed by atoms with Crippen LogP contribution < -0.4 is 0 Å². The topological polar surface area (TPSA) is 17.1 Å². The molecule has 0 saturated heterocycles. The van der Waals surface area contributed by atoms with Crippen LogP contribution in [0.2, 0.25) is 0 Å². The first-order valence-electron chi connectivity index (χ1n) is 4.80. The second-order valence-corrected chi connectivity index (χ2v) is 3.58. The zero-order valence-electron chi connectivity index (χ0n) is 8.24. The Hall–Kier alpha value is -1.70. The van der Waals surface area contributed by atoms with Crippen molar-refractivity contribution >= 4 is 11.9 Å². The van der Waals surface area contributed by atoms with Gasteiger partial charge in [-0.15, -0.1) is 6.58 Å². The molecule has 0 aromatic heterocycles. The monoisotopic (exact) mass is 202 g/mol. The lowest BCUT2D eigenvalue weighted by molar-refractivity contribution is -0.126. The van der Waals surface area contributed by atoms with Crippen molar-refractivity contribution < 1.29 is 9.18 Å². The smallest absolute Gasteiger partial charge is 0.201 e. The van der Waals surface area contributed by atoms with Gasteiger partial charge >= 0.3 is 0 Å². The Morgan fingerprint density at radius 1 is 1.33 bits per heavy atom. The lowest BCUT2D eigenvalue weighted by atomic mass is 9.81. The number of rotatable bonds is 2. The van der Waals surface area contributed by atoms with Crippen molar-refractivity contribution in [1.82, 2.24) is 0 Å². The number of ketones is 1. The quantitative estimate of drug-likeness (QED) is 0.674. The molecule has 0 N–H and O–H groups in total. The number of carbonyl (C=O) groups excluding carboxylic acids is 1. The van der Waals surface area contributed by atoms with E-state index in [0.717, 1.165) is 5.56 Å². The number of benzene rings is 1. The largest absolute Gasteiger partial charge is 0.291 e. The number of fused-ring (bicyclic) bond motifs is 1. The van der Waals surface area contributed by atoms with Gasteiger partial charge in [-0.1, -0.05) is 36.4 Å². The molecule has 0 heterocycles. The highest BCUT2D eigenvalue weighted by Crippen LogP contribution is 2.37. The summed E-state index contributed by atoms with van der Waals surface area (Å²) in [5.74, 6) is -0.499. The fourth-order valence-corrected chi connectivity index (χ4v) is 1.84. The summed E-state index contributed by atoms with van der Waals surface area (Å²) in [5, 5.41) is 0. The minimum atomic E-state index is -1.92. The second-order valence-electron chi connectivity index (χ2n) is 3.58. The van der Waals surface area contributed by atoms with Gasteiger partial charge in [0.25, 0.3) is 0 Å². The van der Waals surface area contributed by atoms with Gasteiger partial charge in [0.15, 0.2) is 5.78 Å². The van der Waals surface area contributed by atoms with Crippen molar-refractivity contribution in [1.29, 1.82) is 0 Å². The molecule has 0 radical (unpaired) electrons. The first-order valence-corrected chi connectivity index (χ1v) is 4.80. The van der Waals surface area contributed by atoms with Crippen LogP contribution in [0.1, 0.15) is 17.5 Å². The van der Waals surface area contributed by atoms with E-state index in [1.54, 1.807) is 24.3 Å². The third-order valence-corrected chi connectivity index (χ3v) is 2.62. The van der Waals surface area contributed by atoms with Crippen LogP contribution in [-0.4, -0.2) is 5.78 Å². The van der Waals surface area contributed by atoms with Crippen LogP contribution in [0.4, 0.5) is 4.39 Å². The molecule has 0 fully saturated rings. The predicted molar refractivity (Wildman–Crippen MR) is 58.1 cm³/mol. The molecule has 1 aliphatic carbocycles. The summed E-state index contributed by atoms with van der Waals surface area (Å²) < 4.78 is 14.5. The maximum absolute atomic E-state index is 14.5. The van der Waals surface area contributed by atoms with Crippen LogP contribution in [0.5, 0.6) is 0 Å². The van der Waals surface area contributed by atoms with Crippen molar-refractivity contribution in [2.45, 2.75) is 12.1 Å². The van der Waals surface area contributed by atoms with Crippen LogP contribution in [-0.2, 0) is 10.5 Å². The molecular formula is C13H11FO. The molecule has 1 atom stereocenters.